The Balaban J connectivity index is 3.43. The van der Waals surface area contributed by atoms with Crippen molar-refractivity contribution >= 4 is 11.8 Å². The van der Waals surface area contributed by atoms with E-state index in [1.54, 1.807) is 13.0 Å². The second-order valence-corrected chi connectivity index (χ2v) is 3.10. The molecule has 0 bridgehead atoms. The average molecular weight is 224 g/mol. The fraction of sp³-hybridized carbons (Fsp3) is 0.273. The van der Waals surface area contributed by atoms with Gasteiger partial charge in [-0.05, 0) is 19.1 Å². The monoisotopic (exact) mass is 224 g/mol. The maximum Gasteiger partial charge on any atom is 0.377 e. The first kappa shape index (κ1) is 12.0. The quantitative estimate of drug-likeness (QED) is 0.616. The van der Waals surface area contributed by atoms with Crippen molar-refractivity contribution in [2.24, 2.45) is 0 Å². The molecule has 1 N–H and O–H groups in total. The Hall–Kier alpha value is -2.04. The van der Waals surface area contributed by atoms with Crippen LogP contribution in [0.15, 0.2) is 12.1 Å². The van der Waals surface area contributed by atoms with E-state index in [0.717, 1.165) is 0 Å². The number of carboxylic acids is 1. The summed E-state index contributed by atoms with van der Waals surface area (Å²) in [6, 6.07) is 3.12. The second kappa shape index (κ2) is 4.65. The lowest BCUT2D eigenvalue weighted by atomic mass is 10.0. The number of hydrogen-bond donors (Lipinski definition) is 1. The minimum Gasteiger partial charge on any atom is -0.496 e. The molecule has 0 heterocycles. The van der Waals surface area contributed by atoms with Crippen LogP contribution in [0.5, 0.6) is 11.5 Å². The number of hydrogen-bond acceptors (Lipinski definition) is 4. The van der Waals surface area contributed by atoms with Crippen LogP contribution in [0.4, 0.5) is 0 Å². The molecule has 1 aromatic carbocycles. The van der Waals surface area contributed by atoms with Crippen molar-refractivity contribution < 1.29 is 24.2 Å². The van der Waals surface area contributed by atoms with Crippen molar-refractivity contribution in [2.75, 3.05) is 14.2 Å². The Labute approximate surface area is 92.6 Å². The number of ether oxygens (including phenoxy) is 2. The van der Waals surface area contributed by atoms with E-state index < -0.39 is 11.8 Å². The summed E-state index contributed by atoms with van der Waals surface area (Å²) in [5, 5.41) is 8.70. The number of benzene rings is 1. The number of methoxy groups -OCH3 is 2. The highest BCUT2D eigenvalue weighted by atomic mass is 16.5. The first-order chi connectivity index (χ1) is 7.52. The Morgan fingerprint density at radius 2 is 1.62 bits per heavy atom. The van der Waals surface area contributed by atoms with Crippen LogP contribution in [0.2, 0.25) is 0 Å². The van der Waals surface area contributed by atoms with Gasteiger partial charge in [0.05, 0.1) is 19.8 Å². The Morgan fingerprint density at radius 3 is 2.06 bits per heavy atom. The number of carbonyl (C=O) groups excluding carboxylic acids is 1. The summed E-state index contributed by atoms with van der Waals surface area (Å²) in [6.45, 7) is 1.61. The standard InChI is InChI=1S/C11H12O5/c1-6-7(15-2)4-5-8(16-3)9(6)10(12)11(13)14/h4-5H,1-3H3,(H,13,14). The fourth-order valence-corrected chi connectivity index (χ4v) is 1.45. The number of carbonyl (C=O) groups is 2. The number of aliphatic carboxylic acids is 1. The zero-order chi connectivity index (χ0) is 12.3. The lowest BCUT2D eigenvalue weighted by Gasteiger charge is -2.12. The molecule has 5 nitrogen and oxygen atoms in total. The van der Waals surface area contributed by atoms with E-state index in [1.165, 1.54) is 20.3 Å². The molecule has 0 aromatic heterocycles. The van der Waals surface area contributed by atoms with Gasteiger partial charge in [-0.25, -0.2) is 4.79 Å². The molecule has 0 spiro atoms. The molecule has 0 fully saturated rings. The molecule has 0 aliphatic heterocycles. The van der Waals surface area contributed by atoms with E-state index in [2.05, 4.69) is 0 Å². The van der Waals surface area contributed by atoms with Gasteiger partial charge in [0.1, 0.15) is 11.5 Å². The van der Waals surface area contributed by atoms with Gasteiger partial charge in [0.2, 0.25) is 0 Å². The molecule has 0 radical (unpaired) electrons. The van der Waals surface area contributed by atoms with E-state index in [-0.39, 0.29) is 11.3 Å². The highest BCUT2D eigenvalue weighted by Crippen LogP contribution is 2.29. The lowest BCUT2D eigenvalue weighted by molar-refractivity contribution is -0.131. The predicted molar refractivity (Wildman–Crippen MR) is 56.2 cm³/mol. The van der Waals surface area contributed by atoms with Crippen molar-refractivity contribution in [3.8, 4) is 11.5 Å². The summed E-state index contributed by atoms with van der Waals surface area (Å²) in [5.74, 6) is -1.85. The molecule has 86 valence electrons. The Kier molecular flexibility index (Phi) is 3.50. The summed E-state index contributed by atoms with van der Waals surface area (Å²) in [4.78, 5) is 22.2. The van der Waals surface area contributed by atoms with Gasteiger partial charge in [-0.2, -0.15) is 0 Å². The van der Waals surface area contributed by atoms with Crippen LogP contribution in [0, 0.1) is 6.92 Å². The molecule has 0 saturated carbocycles. The highest BCUT2D eigenvalue weighted by molar-refractivity contribution is 6.41. The van der Waals surface area contributed by atoms with Crippen LogP contribution in [0.25, 0.3) is 0 Å². The number of carboxylic acid groups (broad SMARTS) is 1. The van der Waals surface area contributed by atoms with Gasteiger partial charge in [0.15, 0.2) is 0 Å². The van der Waals surface area contributed by atoms with Crippen molar-refractivity contribution in [2.45, 2.75) is 6.92 Å². The van der Waals surface area contributed by atoms with Crippen LogP contribution < -0.4 is 9.47 Å². The van der Waals surface area contributed by atoms with Gasteiger partial charge in [-0.1, -0.05) is 0 Å². The van der Waals surface area contributed by atoms with Crippen molar-refractivity contribution in [3.05, 3.63) is 23.3 Å². The van der Waals surface area contributed by atoms with Crippen LogP contribution in [-0.4, -0.2) is 31.1 Å². The van der Waals surface area contributed by atoms with Crippen LogP contribution in [0.3, 0.4) is 0 Å². The van der Waals surface area contributed by atoms with Gasteiger partial charge in [-0.3, -0.25) is 4.79 Å². The smallest absolute Gasteiger partial charge is 0.377 e. The van der Waals surface area contributed by atoms with E-state index in [9.17, 15) is 9.59 Å². The summed E-state index contributed by atoms with van der Waals surface area (Å²) in [5.41, 5.74) is 0.476. The Bertz CT molecular complexity index is 436. The molecule has 1 rings (SSSR count). The van der Waals surface area contributed by atoms with Crippen LogP contribution in [-0.2, 0) is 4.79 Å². The molecule has 0 saturated heterocycles. The fourth-order valence-electron chi connectivity index (χ4n) is 1.45. The molecule has 0 aliphatic rings. The summed E-state index contributed by atoms with van der Waals surface area (Å²) in [7, 11) is 2.82. The zero-order valence-electron chi connectivity index (χ0n) is 9.23. The lowest BCUT2D eigenvalue weighted by Crippen LogP contribution is -2.15. The van der Waals surface area contributed by atoms with Gasteiger partial charge in [-0.15, -0.1) is 0 Å². The molecule has 0 unspecified atom stereocenters. The van der Waals surface area contributed by atoms with E-state index >= 15 is 0 Å². The molecule has 1 aromatic rings. The molecular weight excluding hydrogens is 212 g/mol. The first-order valence-corrected chi connectivity index (χ1v) is 4.52. The Morgan fingerprint density at radius 1 is 1.12 bits per heavy atom. The molecular formula is C11H12O5. The van der Waals surface area contributed by atoms with Gasteiger partial charge in [0, 0.05) is 5.56 Å². The number of ketones is 1. The second-order valence-electron chi connectivity index (χ2n) is 3.10. The van der Waals surface area contributed by atoms with Crippen molar-refractivity contribution in [1.82, 2.24) is 0 Å². The maximum atomic E-state index is 11.5. The number of Topliss-reactive ketones (excluding diaryl/α,β-unsaturated/α-hetero) is 1. The minimum absolute atomic E-state index is 0.0225. The van der Waals surface area contributed by atoms with Crippen LogP contribution >= 0.6 is 0 Å². The SMILES string of the molecule is COc1ccc(OC)c(C(=O)C(=O)O)c1C. The third-order valence-corrected chi connectivity index (χ3v) is 2.24. The normalized spacial score (nSPS) is 9.69. The highest BCUT2D eigenvalue weighted by Gasteiger charge is 2.23. The maximum absolute atomic E-state index is 11.5. The molecule has 5 heteroatoms. The van der Waals surface area contributed by atoms with E-state index in [0.29, 0.717) is 11.3 Å². The number of rotatable bonds is 4. The largest absolute Gasteiger partial charge is 0.496 e. The molecule has 0 atom stereocenters. The minimum atomic E-state index is -1.52. The topological polar surface area (TPSA) is 72.8 Å². The van der Waals surface area contributed by atoms with Crippen molar-refractivity contribution in [3.63, 3.8) is 0 Å². The average Bonchev–Trinajstić information content (AvgIpc) is 2.27. The molecule has 0 amide bonds. The predicted octanol–water partition coefficient (Wildman–Crippen LogP) is 1.28. The first-order valence-electron chi connectivity index (χ1n) is 4.52. The third kappa shape index (κ3) is 1.98. The third-order valence-electron chi connectivity index (χ3n) is 2.24. The van der Waals surface area contributed by atoms with Crippen LogP contribution in [0.1, 0.15) is 15.9 Å². The van der Waals surface area contributed by atoms with Gasteiger partial charge < -0.3 is 14.6 Å². The van der Waals surface area contributed by atoms with Gasteiger partial charge >= 0.3 is 5.97 Å². The molecule has 16 heavy (non-hydrogen) atoms. The van der Waals surface area contributed by atoms with Crippen molar-refractivity contribution in [1.29, 1.82) is 0 Å². The van der Waals surface area contributed by atoms with Gasteiger partial charge in [0.25, 0.3) is 5.78 Å². The summed E-state index contributed by atoms with van der Waals surface area (Å²) >= 11 is 0. The van der Waals surface area contributed by atoms with E-state index in [4.69, 9.17) is 14.6 Å². The summed E-state index contributed by atoms with van der Waals surface area (Å²) in [6.07, 6.45) is 0. The molecule has 0 aliphatic carbocycles. The zero-order valence-corrected chi connectivity index (χ0v) is 9.23. The summed E-state index contributed by atoms with van der Waals surface area (Å²) < 4.78 is 9.97. The van der Waals surface area contributed by atoms with E-state index in [1.807, 2.05) is 0 Å².